The van der Waals surface area contributed by atoms with Gasteiger partial charge < -0.3 is 14.5 Å². The number of amides is 1. The van der Waals surface area contributed by atoms with E-state index in [1.54, 1.807) is 32.2 Å². The van der Waals surface area contributed by atoms with Crippen LogP contribution in [-0.2, 0) is 19.6 Å². The number of hydrogen-bond acceptors (Lipinski definition) is 6. The fraction of sp³-hybridized carbons (Fsp3) is 0.500. The smallest absolute Gasteiger partial charge is 0.243 e. The van der Waals surface area contributed by atoms with Crippen LogP contribution in [0.15, 0.2) is 33.7 Å². The van der Waals surface area contributed by atoms with Gasteiger partial charge in [-0.1, -0.05) is 12.1 Å². The molecule has 2 aromatic rings. The lowest BCUT2D eigenvalue weighted by Gasteiger charge is -2.23. The molecule has 1 N–H and O–H groups in total. The molecule has 2 fully saturated rings. The van der Waals surface area contributed by atoms with Crippen molar-refractivity contribution in [2.45, 2.75) is 37.6 Å². The first kappa shape index (κ1) is 20.1. The third-order valence-electron chi connectivity index (χ3n) is 5.23. The molecule has 1 aromatic carbocycles. The summed E-state index contributed by atoms with van der Waals surface area (Å²) in [4.78, 5) is 16.8. The molecule has 1 unspecified atom stereocenters. The summed E-state index contributed by atoms with van der Waals surface area (Å²) < 4.78 is 39.3. The third-order valence-corrected chi connectivity index (χ3v) is 7.24. The molecule has 0 spiro atoms. The van der Waals surface area contributed by atoms with Gasteiger partial charge in [-0.2, -0.15) is 4.31 Å². The molecule has 9 heteroatoms. The number of nitrogens with one attached hydrogen (secondary N) is 1. The van der Waals surface area contributed by atoms with E-state index in [1.165, 1.54) is 4.31 Å². The molecule has 8 nitrogen and oxygen atoms in total. The second-order valence-electron chi connectivity index (χ2n) is 7.64. The van der Waals surface area contributed by atoms with E-state index in [0.717, 1.165) is 12.8 Å². The Kier molecular flexibility index (Phi) is 5.46. The van der Waals surface area contributed by atoms with Crippen molar-refractivity contribution in [2.24, 2.45) is 5.92 Å². The number of carbonyl (C=O) groups is 1. The highest BCUT2D eigenvalue weighted by molar-refractivity contribution is 7.89. The van der Waals surface area contributed by atoms with Crippen LogP contribution in [0.25, 0.3) is 11.3 Å². The topological polar surface area (TPSA) is 102 Å². The predicted octanol–water partition coefficient (Wildman–Crippen LogP) is 1.87. The molecule has 1 aromatic heterocycles. The minimum atomic E-state index is -3.81. The molecule has 1 saturated heterocycles. The third kappa shape index (κ3) is 4.36. The average molecular weight is 420 g/mol. The zero-order valence-corrected chi connectivity index (χ0v) is 17.4. The molecule has 2 aliphatic rings. The molecule has 0 bridgehead atoms. The molecule has 1 saturated carbocycles. The summed E-state index contributed by atoms with van der Waals surface area (Å²) in [6.45, 7) is 4.29. The number of carbonyl (C=O) groups excluding carboxylic acids is 1. The Morgan fingerprint density at radius 3 is 2.76 bits per heavy atom. The number of hydrogen-bond donors (Lipinski definition) is 1. The van der Waals surface area contributed by atoms with Gasteiger partial charge in [-0.3, -0.25) is 4.79 Å². The number of oxazole rings is 1. The van der Waals surface area contributed by atoms with Crippen LogP contribution in [0.3, 0.4) is 0 Å². The number of benzene rings is 1. The highest BCUT2D eigenvalue weighted by atomic mass is 32.2. The van der Waals surface area contributed by atoms with E-state index in [1.807, 2.05) is 6.07 Å². The zero-order chi connectivity index (χ0) is 20.6. The van der Waals surface area contributed by atoms with E-state index < -0.39 is 15.9 Å². The van der Waals surface area contributed by atoms with Crippen LogP contribution in [0.2, 0.25) is 0 Å². The number of aryl methyl sites for hydroxylation is 2. The Labute approximate surface area is 170 Å². The van der Waals surface area contributed by atoms with Gasteiger partial charge in [-0.15, -0.1) is 0 Å². The number of rotatable bonds is 5. The maximum Gasteiger partial charge on any atom is 0.243 e. The van der Waals surface area contributed by atoms with E-state index >= 15 is 0 Å². The second kappa shape index (κ2) is 7.89. The van der Waals surface area contributed by atoms with Crippen LogP contribution in [0, 0.1) is 19.8 Å². The number of sulfonamides is 1. The largest absolute Gasteiger partial charge is 0.441 e. The fourth-order valence-corrected chi connectivity index (χ4v) is 5.09. The van der Waals surface area contributed by atoms with Gasteiger partial charge in [0, 0.05) is 31.6 Å². The van der Waals surface area contributed by atoms with E-state index in [2.05, 4.69) is 10.3 Å². The Bertz CT molecular complexity index is 1010. The maximum absolute atomic E-state index is 13.4. The quantitative estimate of drug-likeness (QED) is 0.794. The van der Waals surface area contributed by atoms with E-state index in [0.29, 0.717) is 22.8 Å². The Balaban J connectivity index is 1.61. The number of ether oxygens (including phenoxy) is 1. The second-order valence-corrected chi connectivity index (χ2v) is 9.55. The molecule has 4 rings (SSSR count). The Hall–Kier alpha value is -2.23. The summed E-state index contributed by atoms with van der Waals surface area (Å²) in [5, 5.41) is 2.95. The monoisotopic (exact) mass is 419 g/mol. The first-order valence-electron chi connectivity index (χ1n) is 9.76. The van der Waals surface area contributed by atoms with Crippen molar-refractivity contribution in [3.05, 3.63) is 35.9 Å². The van der Waals surface area contributed by atoms with Crippen molar-refractivity contribution in [3.63, 3.8) is 0 Å². The van der Waals surface area contributed by atoms with E-state index in [4.69, 9.17) is 9.15 Å². The van der Waals surface area contributed by atoms with Crippen LogP contribution in [0.4, 0.5) is 0 Å². The summed E-state index contributed by atoms with van der Waals surface area (Å²) in [5.74, 6) is 0.365. The van der Waals surface area contributed by atoms with Gasteiger partial charge in [0.15, 0.2) is 11.7 Å². The molecule has 1 aliphatic heterocycles. The van der Waals surface area contributed by atoms with Crippen molar-refractivity contribution in [3.8, 4) is 11.3 Å². The lowest BCUT2D eigenvalue weighted by atomic mass is 10.1. The molecule has 0 radical (unpaired) electrons. The normalized spacial score (nSPS) is 21.0. The molecular formula is C20H25N3O5S. The van der Waals surface area contributed by atoms with Gasteiger partial charge in [0.2, 0.25) is 15.9 Å². The van der Waals surface area contributed by atoms with Gasteiger partial charge in [-0.05, 0) is 31.4 Å². The summed E-state index contributed by atoms with van der Waals surface area (Å²) in [6.07, 6.45) is 3.54. The lowest BCUT2D eigenvalue weighted by molar-refractivity contribution is -0.126. The lowest BCUT2D eigenvalue weighted by Crippen LogP contribution is -2.42. The first-order valence-corrected chi connectivity index (χ1v) is 11.2. The van der Waals surface area contributed by atoms with Gasteiger partial charge in [0.05, 0.1) is 30.2 Å². The van der Waals surface area contributed by atoms with E-state index in [9.17, 15) is 13.2 Å². The molecule has 1 amide bonds. The predicted molar refractivity (Wildman–Crippen MR) is 106 cm³/mol. The summed E-state index contributed by atoms with van der Waals surface area (Å²) in [6, 6.07) is 5.40. The molecule has 1 aliphatic carbocycles. The van der Waals surface area contributed by atoms with Crippen LogP contribution in [0.1, 0.15) is 24.3 Å². The molecule has 2 heterocycles. The molecule has 156 valence electrons. The minimum Gasteiger partial charge on any atom is -0.441 e. The van der Waals surface area contributed by atoms with Crippen LogP contribution in [-0.4, -0.2) is 56.0 Å². The molecular weight excluding hydrogens is 394 g/mol. The van der Waals surface area contributed by atoms with Crippen molar-refractivity contribution < 1.29 is 22.4 Å². The zero-order valence-electron chi connectivity index (χ0n) is 16.6. The van der Waals surface area contributed by atoms with Crippen LogP contribution >= 0.6 is 0 Å². The highest BCUT2D eigenvalue weighted by Crippen LogP contribution is 2.29. The van der Waals surface area contributed by atoms with E-state index in [-0.39, 0.29) is 43.1 Å². The average Bonchev–Trinajstić information content (AvgIpc) is 3.44. The molecule has 1 atom stereocenters. The first-order chi connectivity index (χ1) is 13.8. The minimum absolute atomic E-state index is 0.103. The van der Waals surface area contributed by atoms with Gasteiger partial charge >= 0.3 is 0 Å². The number of nitrogens with zero attached hydrogens (tertiary/aromatic N) is 2. The summed E-state index contributed by atoms with van der Waals surface area (Å²) in [7, 11) is -3.81. The van der Waals surface area contributed by atoms with Gasteiger partial charge in [0.1, 0.15) is 0 Å². The standard InChI is InChI=1S/C20H25N3O5S/c1-13-3-4-15(18-10-21-14(2)28-18)9-19(13)29(25,26)23-7-8-27-12-16(11-23)20(24)22-17-5-6-17/h3-4,9-10,16-17H,5-8,11-12H2,1-2H3,(H,22,24). The SMILES string of the molecule is Cc1ncc(-c2ccc(C)c(S(=O)(=O)N3CCOCC(C(=O)NC4CC4)C3)c2)o1. The maximum atomic E-state index is 13.4. The summed E-state index contributed by atoms with van der Waals surface area (Å²) in [5.41, 5.74) is 1.28. The van der Waals surface area contributed by atoms with Crippen molar-refractivity contribution in [1.29, 1.82) is 0 Å². The van der Waals surface area contributed by atoms with Crippen molar-refractivity contribution in [2.75, 3.05) is 26.3 Å². The Morgan fingerprint density at radius 1 is 1.28 bits per heavy atom. The number of aromatic nitrogens is 1. The van der Waals surface area contributed by atoms with Crippen LogP contribution in [0.5, 0.6) is 0 Å². The van der Waals surface area contributed by atoms with Crippen molar-refractivity contribution in [1.82, 2.24) is 14.6 Å². The molecule has 29 heavy (non-hydrogen) atoms. The fourth-order valence-electron chi connectivity index (χ4n) is 3.37. The van der Waals surface area contributed by atoms with Crippen molar-refractivity contribution >= 4 is 15.9 Å². The summed E-state index contributed by atoms with van der Waals surface area (Å²) >= 11 is 0. The Morgan fingerprint density at radius 2 is 2.07 bits per heavy atom. The van der Waals surface area contributed by atoms with Gasteiger partial charge in [0.25, 0.3) is 0 Å². The van der Waals surface area contributed by atoms with Gasteiger partial charge in [-0.25, -0.2) is 13.4 Å². The van der Waals surface area contributed by atoms with Crippen LogP contribution < -0.4 is 5.32 Å². The highest BCUT2D eigenvalue weighted by Gasteiger charge is 2.35.